The summed E-state index contributed by atoms with van der Waals surface area (Å²) in [5.41, 5.74) is 4.66. The Balaban J connectivity index is 1.07. The van der Waals surface area contributed by atoms with Gasteiger partial charge in [-0.1, -0.05) is 146 Å². The van der Waals surface area contributed by atoms with Gasteiger partial charge in [0.1, 0.15) is 26.4 Å². The van der Waals surface area contributed by atoms with Crippen molar-refractivity contribution in [1.82, 2.24) is 10.6 Å². The molecule has 22 nitrogen and oxygen atoms in total. The fourth-order valence-corrected chi connectivity index (χ4v) is 13.1. The van der Waals surface area contributed by atoms with Gasteiger partial charge in [-0.05, 0) is 116 Å². The highest BCUT2D eigenvalue weighted by molar-refractivity contribution is 6.30. The molecule has 0 spiro atoms. The van der Waals surface area contributed by atoms with Gasteiger partial charge in [-0.3, -0.25) is 10.6 Å². The van der Waals surface area contributed by atoms with Gasteiger partial charge in [0.25, 0.3) is 0 Å². The molecular formula is C82H88N2O20. The number of nitrogens with one attached hydrogen (secondary N) is 2. The summed E-state index contributed by atoms with van der Waals surface area (Å²) in [7, 11) is 11.6. The van der Waals surface area contributed by atoms with E-state index in [1.54, 1.807) is 48.5 Å². The summed E-state index contributed by atoms with van der Waals surface area (Å²) in [6, 6.07) is 54.6. The second-order valence-electron chi connectivity index (χ2n) is 25.2. The van der Waals surface area contributed by atoms with Crippen LogP contribution >= 0.6 is 0 Å². The van der Waals surface area contributed by atoms with Gasteiger partial charge in [0.15, 0.2) is 58.9 Å². The second kappa shape index (κ2) is 36.6. The quantitative estimate of drug-likeness (QED) is 0.0216. The lowest BCUT2D eigenvalue weighted by Gasteiger charge is -2.42. The monoisotopic (exact) mass is 1420 g/mol. The number of carbonyl (C=O) groups excluding carboxylic acids is 6. The third-order valence-corrected chi connectivity index (χ3v) is 18.5. The van der Waals surface area contributed by atoms with E-state index in [1.165, 1.54) is 56.9 Å². The van der Waals surface area contributed by atoms with Gasteiger partial charge in [0, 0.05) is 91.2 Å². The van der Waals surface area contributed by atoms with Crippen molar-refractivity contribution in [2.75, 3.05) is 70.0 Å². The maximum atomic E-state index is 15.7. The van der Waals surface area contributed by atoms with E-state index < -0.39 is 71.7 Å². The van der Waals surface area contributed by atoms with Crippen molar-refractivity contribution in [1.29, 1.82) is 0 Å². The van der Waals surface area contributed by atoms with E-state index in [1.807, 2.05) is 133 Å². The van der Waals surface area contributed by atoms with Gasteiger partial charge in [0.2, 0.25) is 0 Å². The number of carbonyl (C=O) groups is 6. The van der Waals surface area contributed by atoms with Crippen LogP contribution in [0.2, 0.25) is 0 Å². The number of rotatable bonds is 34. The van der Waals surface area contributed by atoms with Gasteiger partial charge in [-0.25, -0.2) is 28.8 Å². The van der Waals surface area contributed by atoms with Crippen LogP contribution < -0.4 is 29.6 Å². The van der Waals surface area contributed by atoms with Crippen LogP contribution in [0.5, 0.6) is 23.0 Å². The van der Waals surface area contributed by atoms with Gasteiger partial charge < -0.3 is 66.3 Å². The number of hydrogen-bond donors (Lipinski definition) is 2. The molecule has 0 saturated carbocycles. The van der Waals surface area contributed by atoms with E-state index in [-0.39, 0.29) is 78.0 Å². The van der Waals surface area contributed by atoms with Crippen LogP contribution in [-0.4, -0.2) is 130 Å². The molecule has 2 heterocycles. The summed E-state index contributed by atoms with van der Waals surface area (Å²) >= 11 is 0. The lowest BCUT2D eigenvalue weighted by Crippen LogP contribution is -2.55. The summed E-state index contributed by atoms with van der Waals surface area (Å²) in [6.07, 6.45) is -4.45. The third-order valence-electron chi connectivity index (χ3n) is 18.5. The molecule has 2 aliphatic heterocycles. The second-order valence-corrected chi connectivity index (χ2v) is 25.2. The zero-order valence-corrected chi connectivity index (χ0v) is 59.7. The minimum Gasteiger partial charge on any atom is -0.493 e. The van der Waals surface area contributed by atoms with Gasteiger partial charge in [-0.15, -0.1) is 0 Å². The van der Waals surface area contributed by atoms with E-state index in [0.29, 0.717) is 91.5 Å². The topological polar surface area (TPSA) is 256 Å². The molecule has 0 aliphatic carbocycles. The Bertz CT molecular complexity index is 3970. The molecule has 6 atom stereocenters. The Labute approximate surface area is 605 Å². The molecule has 0 amide bonds. The van der Waals surface area contributed by atoms with Crippen molar-refractivity contribution in [3.8, 4) is 23.0 Å². The van der Waals surface area contributed by atoms with Crippen LogP contribution in [0, 0.1) is 0 Å². The van der Waals surface area contributed by atoms with Gasteiger partial charge in [0.05, 0.1) is 28.4 Å². The third kappa shape index (κ3) is 19.2. The van der Waals surface area contributed by atoms with Crippen LogP contribution in [0.15, 0.2) is 182 Å². The highest BCUT2D eigenvalue weighted by Gasteiger charge is 2.48. The van der Waals surface area contributed by atoms with Crippen molar-refractivity contribution in [3.63, 3.8) is 0 Å². The average Bonchev–Trinajstić information content (AvgIpc) is 0.752. The summed E-state index contributed by atoms with van der Waals surface area (Å²) in [5, 5.41) is 6.98. The van der Waals surface area contributed by atoms with Crippen molar-refractivity contribution in [2.45, 2.75) is 114 Å². The maximum Gasteiger partial charge on any atom is 0.419 e. The molecule has 2 N–H and O–H groups in total. The zero-order chi connectivity index (χ0) is 73.6. The first kappa shape index (κ1) is 76.2. The molecular weight excluding hydrogens is 1330 g/mol. The lowest BCUT2D eigenvalue weighted by molar-refractivity contribution is -0.193. The van der Waals surface area contributed by atoms with E-state index >= 15 is 9.59 Å². The van der Waals surface area contributed by atoms with E-state index in [2.05, 4.69) is 10.6 Å². The molecule has 8 aromatic rings. The Morgan fingerprint density at radius 1 is 0.337 bits per heavy atom. The van der Waals surface area contributed by atoms with Crippen LogP contribution in [0.4, 0.5) is 0 Å². The van der Waals surface area contributed by atoms with Crippen molar-refractivity contribution < 1.29 is 95.1 Å². The minimum absolute atomic E-state index is 0.0107. The van der Waals surface area contributed by atoms with Gasteiger partial charge >= 0.3 is 35.8 Å². The van der Waals surface area contributed by atoms with Crippen LogP contribution in [-0.2, 0) is 165 Å². The number of benzene rings is 8. The molecule has 0 fully saturated rings. The molecule has 0 aromatic heterocycles. The predicted octanol–water partition coefficient (Wildman–Crippen LogP) is 9.79. The Morgan fingerprint density at radius 2 is 0.615 bits per heavy atom. The smallest absolute Gasteiger partial charge is 0.419 e. The number of fused-ring (bicyclic) bond motifs is 2. The largest absolute Gasteiger partial charge is 0.493 e. The lowest BCUT2D eigenvalue weighted by atomic mass is 9.82. The normalized spacial score (nSPS) is 16.3. The van der Waals surface area contributed by atoms with Gasteiger partial charge in [-0.2, -0.15) is 0 Å². The highest BCUT2D eigenvalue weighted by atomic mass is 16.6. The minimum atomic E-state index is -1.90. The molecule has 8 aromatic carbocycles. The fourth-order valence-electron chi connectivity index (χ4n) is 13.1. The van der Waals surface area contributed by atoms with Crippen LogP contribution in [0.3, 0.4) is 0 Å². The highest BCUT2D eigenvalue weighted by Crippen LogP contribution is 2.42. The first-order valence-corrected chi connectivity index (χ1v) is 34.2. The molecule has 22 heteroatoms. The summed E-state index contributed by atoms with van der Waals surface area (Å²) in [5.74, 6) is -3.85. The van der Waals surface area contributed by atoms with E-state index in [0.717, 1.165) is 22.3 Å². The summed E-state index contributed by atoms with van der Waals surface area (Å²) < 4.78 is 83.3. The molecule has 0 saturated heterocycles. The number of ether oxygens (including phenoxy) is 14. The number of hydrogen-bond acceptors (Lipinski definition) is 22. The van der Waals surface area contributed by atoms with E-state index in [9.17, 15) is 19.2 Å². The number of methoxy groups -OCH3 is 8. The predicted molar refractivity (Wildman–Crippen MR) is 381 cm³/mol. The molecule has 104 heavy (non-hydrogen) atoms. The molecule has 0 radical (unpaired) electrons. The first-order valence-electron chi connectivity index (χ1n) is 34.2. The molecule has 546 valence electrons. The molecule has 4 unspecified atom stereocenters. The van der Waals surface area contributed by atoms with Crippen LogP contribution in [0.1, 0.15) is 77.9 Å². The first-order chi connectivity index (χ1) is 50.5. The average molecular weight is 1420 g/mol. The van der Waals surface area contributed by atoms with Crippen molar-refractivity contribution in [3.05, 3.63) is 260 Å². The maximum absolute atomic E-state index is 15.7. The van der Waals surface area contributed by atoms with Crippen molar-refractivity contribution >= 4 is 35.8 Å². The Hall–Kier alpha value is -10.5. The fraction of sp³-hybridized carbons (Fsp3) is 0.341. The van der Waals surface area contributed by atoms with Crippen molar-refractivity contribution in [2.24, 2.45) is 0 Å². The zero-order valence-electron chi connectivity index (χ0n) is 59.7. The summed E-state index contributed by atoms with van der Waals surface area (Å²) in [4.78, 5) is 87.7. The standard InChI is InChI=1S/C82H88N2O20/c1-91-67-31-29-57(37-69(67)93-3)47-81(65-41-63(45-73(97-7)77(87)101-51-55-25-17-11-18-26-55)61(39-59(65)33-35-83-81)43-71(95-5)75(85)99-49-53-21-13-9-14-22-53)103-79(89)80(90)104-82(48-58-30-32-68(92-2)70(38-58)94-4)66-42-64(46-74(98-8)78(88)102-52-56-27-19-12-20-28-56)62(40-60(66)34-36-84-82)44-72(96-6)76(86)100-50-54-23-15-10-16-24-54/h9-32,37-42,71-74,83-84H,33-36,43-52H2,1-8H3/t71?,72?,73?,74?,81-,82-/m1/s1. The van der Waals surface area contributed by atoms with E-state index in [4.69, 9.17) is 66.3 Å². The molecule has 10 rings (SSSR count). The van der Waals surface area contributed by atoms with Crippen LogP contribution in [0.25, 0.3) is 0 Å². The molecule has 2 aliphatic rings. The SMILES string of the molecule is COc1ccc(C[C@]2(OC(=O)C(=O)O[C@@]3(Cc4ccc(OC)c(OC)c4)NCCc4cc(CC(OC)C(=O)OCc5ccccc5)c(CC(OC)C(=O)OCc5ccccc5)cc43)NCCc3cc(CC(OC)C(=O)OCc4ccccc4)c(CC(OC)C(=O)OCc4ccccc4)cc32)cc1OC. The molecule has 0 bridgehead atoms. The summed E-state index contributed by atoms with van der Waals surface area (Å²) in [6.45, 7) is 0.290. The number of esters is 6. The Kier molecular flexibility index (Phi) is 26.8. The Morgan fingerprint density at radius 3 is 0.885 bits per heavy atom.